The van der Waals surface area contributed by atoms with E-state index in [9.17, 15) is 5.11 Å². The topological polar surface area (TPSA) is 38.7 Å². The van der Waals surface area contributed by atoms with Crippen LogP contribution in [0.2, 0.25) is 0 Å². The molecule has 1 N–H and O–H groups in total. The van der Waals surface area contributed by atoms with Gasteiger partial charge in [0.25, 0.3) is 0 Å². The van der Waals surface area contributed by atoms with Gasteiger partial charge in [0.2, 0.25) is 0 Å². The van der Waals surface area contributed by atoms with Crippen LogP contribution < -0.4 is 0 Å². The third kappa shape index (κ3) is 4.49. The molecule has 0 radical (unpaired) electrons. The van der Waals surface area contributed by atoms with E-state index in [0.717, 1.165) is 25.9 Å². The number of hydrogen-bond donors (Lipinski definition) is 1. The van der Waals surface area contributed by atoms with E-state index in [2.05, 4.69) is 13.8 Å². The molecule has 0 heterocycles. The van der Waals surface area contributed by atoms with Crippen molar-refractivity contribution in [1.82, 2.24) is 0 Å². The predicted octanol–water partition coefficient (Wildman–Crippen LogP) is 1.98. The molecule has 1 aliphatic rings. The van der Waals surface area contributed by atoms with E-state index in [1.807, 2.05) is 6.92 Å². The summed E-state index contributed by atoms with van der Waals surface area (Å²) in [4.78, 5) is 0. The first-order valence-corrected chi connectivity index (χ1v) is 5.92. The average molecular weight is 216 g/mol. The Morgan fingerprint density at radius 2 is 2.07 bits per heavy atom. The Morgan fingerprint density at radius 1 is 1.33 bits per heavy atom. The Labute approximate surface area is 92.8 Å². The Hall–Kier alpha value is -0.120. The maximum Gasteiger partial charge on any atom is 0.0840 e. The molecule has 0 aromatic carbocycles. The molecule has 15 heavy (non-hydrogen) atoms. The highest BCUT2D eigenvalue weighted by molar-refractivity contribution is 4.85. The third-order valence-corrected chi connectivity index (χ3v) is 3.06. The van der Waals surface area contributed by atoms with Gasteiger partial charge in [-0.05, 0) is 31.6 Å². The number of aliphatic hydroxyl groups is 1. The molecule has 1 saturated carbocycles. The lowest BCUT2D eigenvalue weighted by molar-refractivity contribution is -0.0962. The van der Waals surface area contributed by atoms with Crippen molar-refractivity contribution >= 4 is 0 Å². The van der Waals surface area contributed by atoms with Gasteiger partial charge in [-0.15, -0.1) is 0 Å². The van der Waals surface area contributed by atoms with Crippen LogP contribution in [0.15, 0.2) is 0 Å². The van der Waals surface area contributed by atoms with Gasteiger partial charge in [-0.3, -0.25) is 0 Å². The summed E-state index contributed by atoms with van der Waals surface area (Å²) < 4.78 is 10.9. The van der Waals surface area contributed by atoms with Crippen molar-refractivity contribution in [3.63, 3.8) is 0 Å². The van der Waals surface area contributed by atoms with Crippen LogP contribution in [-0.4, -0.2) is 37.1 Å². The molecule has 0 spiro atoms. The first-order valence-electron chi connectivity index (χ1n) is 5.92. The maximum absolute atomic E-state index is 9.79. The molecule has 90 valence electrons. The minimum absolute atomic E-state index is 0.00536. The fourth-order valence-corrected chi connectivity index (χ4v) is 2.08. The second-order valence-electron chi connectivity index (χ2n) is 5.08. The van der Waals surface area contributed by atoms with Crippen LogP contribution >= 0.6 is 0 Å². The normalized spacial score (nSPS) is 30.4. The molecule has 2 unspecified atom stereocenters. The zero-order valence-electron chi connectivity index (χ0n) is 10.2. The Balaban J connectivity index is 2.25. The third-order valence-electron chi connectivity index (χ3n) is 3.06. The molecular formula is C12H24O3. The quantitative estimate of drug-likeness (QED) is 0.714. The molecule has 1 aliphatic carbocycles. The highest BCUT2D eigenvalue weighted by Crippen LogP contribution is 2.36. The summed E-state index contributed by atoms with van der Waals surface area (Å²) in [5.74, 6) is 0. The van der Waals surface area contributed by atoms with Crippen molar-refractivity contribution in [2.75, 3.05) is 19.8 Å². The standard InChI is InChI=1S/C12H24O3/c1-4-14-7-8-15-11-9-12(2,3)6-5-10(11)13/h10-11,13H,4-9H2,1-3H3. The van der Waals surface area contributed by atoms with Crippen LogP contribution in [0.25, 0.3) is 0 Å². The van der Waals surface area contributed by atoms with Gasteiger partial charge in [-0.1, -0.05) is 13.8 Å². The summed E-state index contributed by atoms with van der Waals surface area (Å²) in [6.45, 7) is 8.38. The maximum atomic E-state index is 9.79. The van der Waals surface area contributed by atoms with Gasteiger partial charge in [0.15, 0.2) is 0 Å². The van der Waals surface area contributed by atoms with Crippen LogP contribution in [0.1, 0.15) is 40.0 Å². The first kappa shape index (κ1) is 12.9. The van der Waals surface area contributed by atoms with E-state index in [1.54, 1.807) is 0 Å². The molecule has 3 nitrogen and oxygen atoms in total. The molecule has 0 saturated heterocycles. The Bertz CT molecular complexity index is 180. The van der Waals surface area contributed by atoms with Gasteiger partial charge < -0.3 is 14.6 Å². The summed E-state index contributed by atoms with van der Waals surface area (Å²) >= 11 is 0. The molecule has 0 aliphatic heterocycles. The molecule has 3 heteroatoms. The van der Waals surface area contributed by atoms with Crippen LogP contribution in [0.3, 0.4) is 0 Å². The minimum Gasteiger partial charge on any atom is -0.390 e. The highest BCUT2D eigenvalue weighted by atomic mass is 16.5. The monoisotopic (exact) mass is 216 g/mol. The van der Waals surface area contributed by atoms with Gasteiger partial charge in [-0.2, -0.15) is 0 Å². The number of ether oxygens (including phenoxy) is 2. The SMILES string of the molecule is CCOCCOC1CC(C)(C)CCC1O. The van der Waals surface area contributed by atoms with Crippen LogP contribution in [0.4, 0.5) is 0 Å². The summed E-state index contributed by atoms with van der Waals surface area (Å²) in [6, 6.07) is 0. The fraction of sp³-hybridized carbons (Fsp3) is 1.00. The zero-order chi connectivity index (χ0) is 11.3. The minimum atomic E-state index is -0.292. The van der Waals surface area contributed by atoms with E-state index in [-0.39, 0.29) is 12.2 Å². The lowest BCUT2D eigenvalue weighted by atomic mass is 9.75. The second kappa shape index (κ2) is 5.83. The Morgan fingerprint density at radius 3 is 2.73 bits per heavy atom. The van der Waals surface area contributed by atoms with E-state index in [0.29, 0.717) is 18.6 Å². The summed E-state index contributed by atoms with van der Waals surface area (Å²) in [5.41, 5.74) is 0.301. The highest BCUT2D eigenvalue weighted by Gasteiger charge is 2.34. The zero-order valence-corrected chi connectivity index (χ0v) is 10.2. The lowest BCUT2D eigenvalue weighted by Crippen LogP contribution is -2.39. The van der Waals surface area contributed by atoms with E-state index >= 15 is 0 Å². The Kier molecular flexibility index (Phi) is 5.03. The number of aliphatic hydroxyl groups excluding tert-OH is 1. The molecule has 1 fully saturated rings. The van der Waals surface area contributed by atoms with Crippen molar-refractivity contribution in [3.8, 4) is 0 Å². The largest absolute Gasteiger partial charge is 0.390 e. The van der Waals surface area contributed by atoms with Crippen molar-refractivity contribution in [2.24, 2.45) is 5.41 Å². The molecule has 0 aromatic heterocycles. The van der Waals surface area contributed by atoms with Crippen LogP contribution in [0, 0.1) is 5.41 Å². The van der Waals surface area contributed by atoms with Crippen LogP contribution in [0.5, 0.6) is 0 Å². The van der Waals surface area contributed by atoms with E-state index < -0.39 is 0 Å². The number of rotatable bonds is 5. The first-order chi connectivity index (χ1) is 7.05. The van der Waals surface area contributed by atoms with Gasteiger partial charge in [0.05, 0.1) is 25.4 Å². The molecule has 0 aromatic rings. The fourth-order valence-electron chi connectivity index (χ4n) is 2.08. The van der Waals surface area contributed by atoms with E-state index in [1.165, 1.54) is 0 Å². The van der Waals surface area contributed by atoms with Crippen LogP contribution in [-0.2, 0) is 9.47 Å². The molecular weight excluding hydrogens is 192 g/mol. The molecule has 0 amide bonds. The molecule has 1 rings (SSSR count). The van der Waals surface area contributed by atoms with Crippen molar-refractivity contribution < 1.29 is 14.6 Å². The van der Waals surface area contributed by atoms with Crippen molar-refractivity contribution in [2.45, 2.75) is 52.2 Å². The lowest BCUT2D eigenvalue weighted by Gasteiger charge is -2.38. The average Bonchev–Trinajstić information content (AvgIpc) is 2.18. The van der Waals surface area contributed by atoms with E-state index in [4.69, 9.17) is 9.47 Å². The smallest absolute Gasteiger partial charge is 0.0840 e. The van der Waals surface area contributed by atoms with Gasteiger partial charge in [0.1, 0.15) is 0 Å². The predicted molar refractivity (Wildman–Crippen MR) is 59.9 cm³/mol. The number of hydrogen-bond acceptors (Lipinski definition) is 3. The summed E-state index contributed by atoms with van der Waals surface area (Å²) in [5, 5.41) is 9.79. The van der Waals surface area contributed by atoms with Crippen molar-refractivity contribution in [1.29, 1.82) is 0 Å². The molecule has 2 atom stereocenters. The summed E-state index contributed by atoms with van der Waals surface area (Å²) in [7, 11) is 0. The van der Waals surface area contributed by atoms with Gasteiger partial charge in [-0.25, -0.2) is 0 Å². The van der Waals surface area contributed by atoms with Crippen molar-refractivity contribution in [3.05, 3.63) is 0 Å². The van der Waals surface area contributed by atoms with Gasteiger partial charge >= 0.3 is 0 Å². The van der Waals surface area contributed by atoms with Gasteiger partial charge in [0, 0.05) is 6.61 Å². The second-order valence-corrected chi connectivity index (χ2v) is 5.08. The molecule has 0 bridgehead atoms. The summed E-state index contributed by atoms with van der Waals surface area (Å²) in [6.07, 6.45) is 2.58.